The molecule has 2 rings (SSSR count). The minimum Gasteiger partial charge on any atom is -0.261 e. The lowest BCUT2D eigenvalue weighted by Gasteiger charge is -2.01. The van der Waals surface area contributed by atoms with Crippen LogP contribution in [0.5, 0.6) is 0 Å². The van der Waals surface area contributed by atoms with Crippen LogP contribution in [0.4, 0.5) is 0 Å². The van der Waals surface area contributed by atoms with Crippen molar-refractivity contribution in [2.24, 2.45) is 0 Å². The number of nitrogens with zero attached hydrogens (tertiary/aromatic N) is 3. The Morgan fingerprint density at radius 3 is 2.60 bits per heavy atom. The maximum atomic E-state index is 5.88. The van der Waals surface area contributed by atoms with Crippen molar-refractivity contribution in [1.29, 1.82) is 0 Å². The van der Waals surface area contributed by atoms with E-state index in [4.69, 9.17) is 11.6 Å². The van der Waals surface area contributed by atoms with E-state index in [-0.39, 0.29) is 0 Å². The van der Waals surface area contributed by atoms with Gasteiger partial charge in [0.2, 0.25) is 0 Å². The molecule has 0 unspecified atom stereocenters. The summed E-state index contributed by atoms with van der Waals surface area (Å²) in [7, 11) is 0. The molecule has 15 heavy (non-hydrogen) atoms. The van der Waals surface area contributed by atoms with Crippen LogP contribution in [0.1, 0.15) is 5.69 Å². The average molecular weight is 285 g/mol. The Bertz CT molecular complexity index is 485. The van der Waals surface area contributed by atoms with Gasteiger partial charge in [0.1, 0.15) is 5.15 Å². The van der Waals surface area contributed by atoms with E-state index in [9.17, 15) is 0 Å². The number of hydrogen-bond acceptors (Lipinski definition) is 3. The fraction of sp³-hybridized carbons (Fsp3) is 0.100. The summed E-state index contributed by atoms with van der Waals surface area (Å²) in [5.74, 6) is 0.579. The molecule has 2 aromatic heterocycles. The zero-order valence-electron chi connectivity index (χ0n) is 7.91. The van der Waals surface area contributed by atoms with Gasteiger partial charge in [0.25, 0.3) is 0 Å². The van der Waals surface area contributed by atoms with E-state index < -0.39 is 0 Å². The maximum Gasteiger partial charge on any atom is 0.162 e. The van der Waals surface area contributed by atoms with Gasteiger partial charge in [0, 0.05) is 23.7 Å². The lowest BCUT2D eigenvalue weighted by Crippen LogP contribution is -1.91. The van der Waals surface area contributed by atoms with Gasteiger partial charge in [-0.2, -0.15) is 0 Å². The van der Waals surface area contributed by atoms with Gasteiger partial charge in [-0.15, -0.1) is 0 Å². The second kappa shape index (κ2) is 4.24. The standard InChI is InChI=1S/C10H7BrClN3/c1-6-2-3-7(4-13-6)10-14-5-8(11)9(12)15-10/h2-5H,1H3. The highest BCUT2D eigenvalue weighted by molar-refractivity contribution is 9.10. The minimum atomic E-state index is 0.403. The quantitative estimate of drug-likeness (QED) is 0.755. The molecule has 0 bridgehead atoms. The number of aromatic nitrogens is 3. The van der Waals surface area contributed by atoms with Gasteiger partial charge in [0.05, 0.1) is 4.47 Å². The highest BCUT2D eigenvalue weighted by atomic mass is 79.9. The second-order valence-electron chi connectivity index (χ2n) is 3.02. The van der Waals surface area contributed by atoms with E-state index in [1.165, 1.54) is 0 Å². The first-order valence-electron chi connectivity index (χ1n) is 4.28. The summed E-state index contributed by atoms with van der Waals surface area (Å²) >= 11 is 9.12. The van der Waals surface area contributed by atoms with Crippen molar-refractivity contribution >= 4 is 27.5 Å². The molecule has 0 amide bonds. The van der Waals surface area contributed by atoms with E-state index in [0.29, 0.717) is 15.5 Å². The molecule has 2 heterocycles. The summed E-state index contributed by atoms with van der Waals surface area (Å²) in [6, 6.07) is 3.83. The number of hydrogen-bond donors (Lipinski definition) is 0. The highest BCUT2D eigenvalue weighted by Gasteiger charge is 2.04. The highest BCUT2D eigenvalue weighted by Crippen LogP contribution is 2.22. The van der Waals surface area contributed by atoms with Gasteiger partial charge in [0.15, 0.2) is 5.82 Å². The lowest BCUT2D eigenvalue weighted by atomic mass is 10.2. The van der Waals surface area contributed by atoms with Crippen molar-refractivity contribution < 1.29 is 0 Å². The summed E-state index contributed by atoms with van der Waals surface area (Å²) in [5, 5.41) is 0.403. The normalized spacial score (nSPS) is 10.3. The van der Waals surface area contributed by atoms with Crippen LogP contribution in [0.15, 0.2) is 29.0 Å². The van der Waals surface area contributed by atoms with E-state index in [0.717, 1.165) is 11.3 Å². The zero-order chi connectivity index (χ0) is 10.8. The third-order valence-corrected chi connectivity index (χ3v) is 2.97. The molecular weight excluding hydrogens is 277 g/mol. The molecule has 0 aliphatic heterocycles. The minimum absolute atomic E-state index is 0.403. The third-order valence-electron chi connectivity index (χ3n) is 1.87. The van der Waals surface area contributed by atoms with Crippen LogP contribution in [-0.2, 0) is 0 Å². The molecule has 0 atom stereocenters. The Balaban J connectivity index is 2.45. The van der Waals surface area contributed by atoms with Crippen molar-refractivity contribution in [3.63, 3.8) is 0 Å². The van der Waals surface area contributed by atoms with Gasteiger partial charge in [-0.1, -0.05) is 11.6 Å². The Labute approximate surface area is 101 Å². The fourth-order valence-corrected chi connectivity index (χ4v) is 1.41. The van der Waals surface area contributed by atoms with Crippen molar-refractivity contribution in [2.75, 3.05) is 0 Å². The van der Waals surface area contributed by atoms with Crippen LogP contribution in [0.2, 0.25) is 5.15 Å². The maximum absolute atomic E-state index is 5.88. The van der Waals surface area contributed by atoms with Crippen molar-refractivity contribution in [3.8, 4) is 11.4 Å². The smallest absolute Gasteiger partial charge is 0.162 e. The Morgan fingerprint density at radius 1 is 1.20 bits per heavy atom. The molecule has 0 fully saturated rings. The van der Waals surface area contributed by atoms with Crippen LogP contribution in [0, 0.1) is 6.92 Å². The van der Waals surface area contributed by atoms with Crippen molar-refractivity contribution in [1.82, 2.24) is 15.0 Å². The average Bonchev–Trinajstić information content (AvgIpc) is 2.23. The Morgan fingerprint density at radius 2 is 2.00 bits per heavy atom. The SMILES string of the molecule is Cc1ccc(-c2ncc(Br)c(Cl)n2)cn1. The van der Waals surface area contributed by atoms with Crippen LogP contribution >= 0.6 is 27.5 Å². The lowest BCUT2D eigenvalue weighted by molar-refractivity contribution is 1.13. The molecule has 0 N–H and O–H groups in total. The summed E-state index contributed by atoms with van der Waals surface area (Å²) in [6.07, 6.45) is 3.36. The molecule has 76 valence electrons. The first-order chi connectivity index (χ1) is 7.16. The molecule has 2 aromatic rings. The summed E-state index contributed by atoms with van der Waals surface area (Å²) in [5.41, 5.74) is 1.82. The van der Waals surface area contributed by atoms with Crippen LogP contribution in [-0.4, -0.2) is 15.0 Å². The molecule has 0 aromatic carbocycles. The monoisotopic (exact) mass is 283 g/mol. The van der Waals surface area contributed by atoms with Crippen LogP contribution in [0.25, 0.3) is 11.4 Å². The van der Waals surface area contributed by atoms with E-state index >= 15 is 0 Å². The van der Waals surface area contributed by atoms with Gasteiger partial charge >= 0.3 is 0 Å². The summed E-state index contributed by atoms with van der Waals surface area (Å²) < 4.78 is 0.688. The van der Waals surface area contributed by atoms with E-state index in [1.807, 2.05) is 19.1 Å². The number of aryl methyl sites for hydroxylation is 1. The molecule has 0 spiro atoms. The second-order valence-corrected chi connectivity index (χ2v) is 4.23. The fourth-order valence-electron chi connectivity index (χ4n) is 1.09. The van der Waals surface area contributed by atoms with Crippen LogP contribution in [0.3, 0.4) is 0 Å². The predicted octanol–water partition coefficient (Wildman–Crippen LogP) is 3.26. The molecule has 5 heteroatoms. The molecule has 0 radical (unpaired) electrons. The van der Waals surface area contributed by atoms with Gasteiger partial charge in [-0.3, -0.25) is 4.98 Å². The van der Waals surface area contributed by atoms with Gasteiger partial charge < -0.3 is 0 Å². The molecular formula is C10H7BrClN3. The molecule has 0 aliphatic rings. The number of halogens is 2. The first kappa shape index (κ1) is 10.5. The Kier molecular flexibility index (Phi) is 2.98. The van der Waals surface area contributed by atoms with Gasteiger partial charge in [-0.25, -0.2) is 9.97 Å². The van der Waals surface area contributed by atoms with E-state index in [2.05, 4.69) is 30.9 Å². The first-order valence-corrected chi connectivity index (χ1v) is 5.45. The predicted molar refractivity (Wildman–Crippen MR) is 62.7 cm³/mol. The largest absolute Gasteiger partial charge is 0.261 e. The topological polar surface area (TPSA) is 38.7 Å². The summed E-state index contributed by atoms with van der Waals surface area (Å²) in [6.45, 7) is 1.93. The zero-order valence-corrected chi connectivity index (χ0v) is 10.2. The number of pyridine rings is 1. The molecule has 0 saturated carbocycles. The molecule has 0 saturated heterocycles. The van der Waals surface area contributed by atoms with Gasteiger partial charge in [-0.05, 0) is 35.0 Å². The summed E-state index contributed by atoms with van der Waals surface area (Å²) in [4.78, 5) is 12.5. The van der Waals surface area contributed by atoms with E-state index in [1.54, 1.807) is 12.4 Å². The number of rotatable bonds is 1. The van der Waals surface area contributed by atoms with Crippen molar-refractivity contribution in [2.45, 2.75) is 6.92 Å². The van der Waals surface area contributed by atoms with Crippen molar-refractivity contribution in [3.05, 3.63) is 39.8 Å². The molecule has 0 aliphatic carbocycles. The molecule has 3 nitrogen and oxygen atoms in total. The van der Waals surface area contributed by atoms with Crippen LogP contribution < -0.4 is 0 Å². The Hall–Kier alpha value is -1.00. The third kappa shape index (κ3) is 2.33.